The molecule has 3 aliphatic heterocycles. The van der Waals surface area contributed by atoms with Gasteiger partial charge in [0.15, 0.2) is 12.1 Å². The van der Waals surface area contributed by atoms with E-state index >= 15 is 0 Å². The van der Waals surface area contributed by atoms with Crippen molar-refractivity contribution in [2.24, 2.45) is 5.92 Å². The summed E-state index contributed by atoms with van der Waals surface area (Å²) in [6.45, 7) is 1.26. The molecule has 4 heteroatoms. The van der Waals surface area contributed by atoms with Crippen molar-refractivity contribution in [3.63, 3.8) is 0 Å². The molecule has 0 N–H and O–H groups in total. The highest BCUT2D eigenvalue weighted by molar-refractivity contribution is 8.00. The topological polar surface area (TPSA) is 35.5 Å². The van der Waals surface area contributed by atoms with Crippen molar-refractivity contribution < 1.29 is 14.3 Å². The maximum absolute atomic E-state index is 12.9. The molecule has 3 aliphatic rings. The van der Waals surface area contributed by atoms with Gasteiger partial charge in [-0.25, -0.2) is 0 Å². The first-order valence-corrected chi connectivity index (χ1v) is 9.27. The average molecular weight is 318 g/mol. The number of carbonyl (C=O) groups is 1. The van der Waals surface area contributed by atoms with E-state index in [1.807, 2.05) is 24.3 Å². The van der Waals surface area contributed by atoms with E-state index in [1.165, 1.54) is 19.3 Å². The van der Waals surface area contributed by atoms with E-state index in [4.69, 9.17) is 9.47 Å². The van der Waals surface area contributed by atoms with E-state index < -0.39 is 0 Å². The first-order valence-electron chi connectivity index (χ1n) is 8.32. The van der Waals surface area contributed by atoms with E-state index in [9.17, 15) is 4.79 Å². The standard InChI is InChI=1S/C18H22O3S/c19-17(14-10-15-5-2-6-16(11-14)22-15)12-3-1-4-13(9-12)18-20-7-8-21-18/h1,3-4,9,14-16,18H,2,5-8,10-11H2. The number of ether oxygens (including phenoxy) is 2. The predicted molar refractivity (Wildman–Crippen MR) is 87.2 cm³/mol. The Morgan fingerprint density at radius 3 is 2.55 bits per heavy atom. The number of thioether (sulfide) groups is 1. The molecule has 2 bridgehead atoms. The fourth-order valence-corrected chi connectivity index (χ4v) is 5.74. The van der Waals surface area contributed by atoms with Crippen LogP contribution in [0.4, 0.5) is 0 Å². The summed E-state index contributed by atoms with van der Waals surface area (Å²) in [5.74, 6) is 0.522. The van der Waals surface area contributed by atoms with Crippen LogP contribution in [-0.4, -0.2) is 29.5 Å². The summed E-state index contributed by atoms with van der Waals surface area (Å²) >= 11 is 2.12. The summed E-state index contributed by atoms with van der Waals surface area (Å²) in [5, 5.41) is 1.40. The van der Waals surface area contributed by atoms with Crippen molar-refractivity contribution in [1.29, 1.82) is 0 Å². The molecule has 3 fully saturated rings. The number of fused-ring (bicyclic) bond motifs is 2. The van der Waals surface area contributed by atoms with Crippen LogP contribution in [0, 0.1) is 5.92 Å². The van der Waals surface area contributed by atoms with Crippen molar-refractivity contribution in [3.05, 3.63) is 35.4 Å². The SMILES string of the molecule is O=C(c1cccc(C2OCCO2)c1)C1CC2CCCC(C1)S2. The third-order valence-electron chi connectivity index (χ3n) is 4.97. The summed E-state index contributed by atoms with van der Waals surface area (Å²) < 4.78 is 11.1. The molecule has 22 heavy (non-hydrogen) atoms. The second-order valence-corrected chi connectivity index (χ2v) is 8.15. The number of benzene rings is 1. The second-order valence-electron chi connectivity index (χ2n) is 6.54. The zero-order chi connectivity index (χ0) is 14.9. The highest BCUT2D eigenvalue weighted by Gasteiger charge is 2.36. The molecule has 1 aromatic rings. The van der Waals surface area contributed by atoms with Gasteiger partial charge in [-0.1, -0.05) is 24.6 Å². The van der Waals surface area contributed by atoms with Gasteiger partial charge in [-0.2, -0.15) is 11.8 Å². The third kappa shape index (κ3) is 2.97. The van der Waals surface area contributed by atoms with Gasteiger partial charge in [0.1, 0.15) is 0 Å². The number of hydrogen-bond donors (Lipinski definition) is 0. The Balaban J connectivity index is 1.51. The van der Waals surface area contributed by atoms with Crippen LogP contribution in [0.5, 0.6) is 0 Å². The van der Waals surface area contributed by atoms with Crippen LogP contribution in [0.2, 0.25) is 0 Å². The zero-order valence-corrected chi connectivity index (χ0v) is 13.5. The number of ketones is 1. The Morgan fingerprint density at radius 2 is 1.82 bits per heavy atom. The average Bonchev–Trinajstić information content (AvgIpc) is 3.08. The van der Waals surface area contributed by atoms with Gasteiger partial charge in [0.2, 0.25) is 0 Å². The molecule has 118 valence electrons. The molecule has 0 saturated carbocycles. The minimum atomic E-state index is -0.297. The molecule has 3 saturated heterocycles. The van der Waals surface area contributed by atoms with Crippen molar-refractivity contribution >= 4 is 17.5 Å². The molecule has 2 unspecified atom stereocenters. The van der Waals surface area contributed by atoms with E-state index in [-0.39, 0.29) is 12.2 Å². The van der Waals surface area contributed by atoms with Crippen LogP contribution in [0.15, 0.2) is 24.3 Å². The Labute approximate surface area is 135 Å². The van der Waals surface area contributed by atoms with E-state index in [0.717, 1.165) is 24.0 Å². The van der Waals surface area contributed by atoms with E-state index in [1.54, 1.807) is 0 Å². The van der Waals surface area contributed by atoms with Crippen molar-refractivity contribution in [2.75, 3.05) is 13.2 Å². The lowest BCUT2D eigenvalue weighted by Crippen LogP contribution is -2.32. The Hall–Kier alpha value is -0.840. The molecule has 0 aliphatic carbocycles. The predicted octanol–water partition coefficient (Wildman–Crippen LogP) is 3.98. The highest BCUT2D eigenvalue weighted by atomic mass is 32.2. The first-order chi connectivity index (χ1) is 10.8. The van der Waals surface area contributed by atoms with Gasteiger partial charge in [0.25, 0.3) is 0 Å². The van der Waals surface area contributed by atoms with Crippen LogP contribution in [0.25, 0.3) is 0 Å². The molecule has 3 nitrogen and oxygen atoms in total. The molecule has 0 aromatic heterocycles. The summed E-state index contributed by atoms with van der Waals surface area (Å²) in [7, 11) is 0. The number of hydrogen-bond acceptors (Lipinski definition) is 4. The molecular formula is C18H22O3S. The summed E-state index contributed by atoms with van der Waals surface area (Å²) in [5.41, 5.74) is 1.79. The maximum atomic E-state index is 12.9. The van der Waals surface area contributed by atoms with Gasteiger partial charge in [0.05, 0.1) is 13.2 Å². The van der Waals surface area contributed by atoms with Gasteiger partial charge in [-0.05, 0) is 31.7 Å². The first kappa shape index (κ1) is 14.7. The largest absolute Gasteiger partial charge is 0.346 e. The molecule has 1 aromatic carbocycles. The molecule has 2 atom stereocenters. The van der Waals surface area contributed by atoms with E-state index in [2.05, 4.69) is 11.8 Å². The number of carbonyl (C=O) groups excluding carboxylic acids is 1. The van der Waals surface area contributed by atoms with E-state index in [0.29, 0.717) is 29.5 Å². The molecule has 4 rings (SSSR count). The highest BCUT2D eigenvalue weighted by Crippen LogP contribution is 2.44. The molecule has 0 radical (unpaired) electrons. The van der Waals surface area contributed by atoms with Gasteiger partial charge in [-0.3, -0.25) is 4.79 Å². The lowest BCUT2D eigenvalue weighted by Gasteiger charge is -2.38. The normalized spacial score (nSPS) is 32.1. The van der Waals surface area contributed by atoms with Crippen LogP contribution in [-0.2, 0) is 9.47 Å². The molecular weight excluding hydrogens is 296 g/mol. The van der Waals surface area contributed by atoms with Crippen LogP contribution in [0.3, 0.4) is 0 Å². The second kappa shape index (κ2) is 6.34. The lowest BCUT2D eigenvalue weighted by molar-refractivity contribution is -0.0441. The van der Waals surface area contributed by atoms with Crippen molar-refractivity contribution in [2.45, 2.75) is 48.9 Å². The van der Waals surface area contributed by atoms with Crippen LogP contribution >= 0.6 is 11.8 Å². The fraction of sp³-hybridized carbons (Fsp3) is 0.611. The maximum Gasteiger partial charge on any atom is 0.184 e. The fourth-order valence-electron chi connectivity index (χ4n) is 3.90. The van der Waals surface area contributed by atoms with Crippen LogP contribution in [0.1, 0.15) is 54.3 Å². The molecule has 0 spiro atoms. The van der Waals surface area contributed by atoms with Gasteiger partial charge in [-0.15, -0.1) is 0 Å². The minimum absolute atomic E-state index is 0.206. The Morgan fingerprint density at radius 1 is 1.09 bits per heavy atom. The molecule has 0 amide bonds. The zero-order valence-electron chi connectivity index (χ0n) is 12.7. The minimum Gasteiger partial charge on any atom is -0.346 e. The molecule has 3 heterocycles. The Bertz CT molecular complexity index is 541. The third-order valence-corrected chi connectivity index (χ3v) is 6.59. The summed E-state index contributed by atoms with van der Waals surface area (Å²) in [6, 6.07) is 7.85. The number of rotatable bonds is 3. The Kier molecular flexibility index (Phi) is 4.25. The van der Waals surface area contributed by atoms with Gasteiger partial charge >= 0.3 is 0 Å². The van der Waals surface area contributed by atoms with Crippen molar-refractivity contribution in [1.82, 2.24) is 0 Å². The smallest absolute Gasteiger partial charge is 0.184 e. The lowest BCUT2D eigenvalue weighted by atomic mass is 9.84. The monoisotopic (exact) mass is 318 g/mol. The summed E-state index contributed by atoms with van der Waals surface area (Å²) in [4.78, 5) is 12.9. The van der Waals surface area contributed by atoms with Gasteiger partial charge < -0.3 is 9.47 Å². The van der Waals surface area contributed by atoms with Gasteiger partial charge in [0, 0.05) is 27.5 Å². The van der Waals surface area contributed by atoms with Crippen LogP contribution < -0.4 is 0 Å². The summed E-state index contributed by atoms with van der Waals surface area (Å²) in [6.07, 6.45) is 5.73. The number of Topliss-reactive ketones (excluding diaryl/α,β-unsaturated/α-hetero) is 1. The van der Waals surface area contributed by atoms with Crippen molar-refractivity contribution in [3.8, 4) is 0 Å². The quantitative estimate of drug-likeness (QED) is 0.790.